The second kappa shape index (κ2) is 4.60. The van der Waals surface area contributed by atoms with Gasteiger partial charge in [-0.25, -0.2) is 0 Å². The van der Waals surface area contributed by atoms with Gasteiger partial charge < -0.3 is 0 Å². The summed E-state index contributed by atoms with van der Waals surface area (Å²) >= 11 is 0. The van der Waals surface area contributed by atoms with Crippen molar-refractivity contribution in [3.05, 3.63) is 29.3 Å². The van der Waals surface area contributed by atoms with E-state index in [0.717, 1.165) is 11.1 Å². The second-order valence-corrected chi connectivity index (χ2v) is 6.89. The number of rotatable bonds is 1. The summed E-state index contributed by atoms with van der Waals surface area (Å²) < 4.78 is 0. The number of aryl methyl sites for hydroxylation is 2. The summed E-state index contributed by atoms with van der Waals surface area (Å²) in [5, 5.41) is 0. The van der Waals surface area contributed by atoms with Gasteiger partial charge in [0.25, 0.3) is 0 Å². The Morgan fingerprint density at radius 1 is 0.826 bits per heavy atom. The lowest BCUT2D eigenvalue weighted by Gasteiger charge is -2.40. The number of anilines is 1. The molecule has 2 amide bonds. The Morgan fingerprint density at radius 3 is 1.83 bits per heavy atom. The first-order chi connectivity index (χ1) is 10.9. The first-order valence-electron chi connectivity index (χ1n) is 7.90. The van der Waals surface area contributed by atoms with Gasteiger partial charge in [-0.3, -0.25) is 24.1 Å². The highest BCUT2D eigenvalue weighted by molar-refractivity contribution is 6.25. The van der Waals surface area contributed by atoms with Crippen molar-refractivity contribution in [1.82, 2.24) is 0 Å². The van der Waals surface area contributed by atoms with Crippen LogP contribution in [0.1, 0.15) is 24.0 Å². The van der Waals surface area contributed by atoms with Crippen molar-refractivity contribution in [1.29, 1.82) is 0 Å². The van der Waals surface area contributed by atoms with E-state index in [0.29, 0.717) is 5.69 Å². The van der Waals surface area contributed by atoms with Gasteiger partial charge in [0.15, 0.2) is 0 Å². The van der Waals surface area contributed by atoms with Crippen LogP contribution in [0.25, 0.3) is 0 Å². The summed E-state index contributed by atoms with van der Waals surface area (Å²) in [6, 6.07) is 5.44. The summed E-state index contributed by atoms with van der Waals surface area (Å²) in [6.07, 6.45) is 0.231. The third-order valence-corrected chi connectivity index (χ3v) is 5.68. The fraction of sp³-hybridized carbons (Fsp3) is 0.444. The van der Waals surface area contributed by atoms with Crippen molar-refractivity contribution in [2.24, 2.45) is 23.7 Å². The minimum absolute atomic E-state index is 0.0427. The number of amides is 2. The third kappa shape index (κ3) is 1.79. The van der Waals surface area contributed by atoms with E-state index in [2.05, 4.69) is 0 Å². The SMILES string of the molecule is Cc1ccc(N2C(=O)[C@H]3[C@H](C2=O)[C@H]2CC(=O)[C@H]3CC2=O)cc1C. The van der Waals surface area contributed by atoms with Crippen molar-refractivity contribution >= 4 is 29.1 Å². The maximum absolute atomic E-state index is 12.8. The maximum Gasteiger partial charge on any atom is 0.238 e. The molecule has 5 rings (SSSR count). The molecule has 0 unspecified atom stereocenters. The maximum atomic E-state index is 12.8. The minimum Gasteiger partial charge on any atom is -0.299 e. The van der Waals surface area contributed by atoms with Gasteiger partial charge in [-0.1, -0.05) is 6.07 Å². The number of Topliss-reactive ketones (excluding diaryl/α,β-unsaturated/α-hetero) is 2. The zero-order valence-corrected chi connectivity index (χ0v) is 13.0. The smallest absolute Gasteiger partial charge is 0.238 e. The number of fused-ring (bicyclic) bond motifs is 2. The molecule has 0 aromatic heterocycles. The van der Waals surface area contributed by atoms with Crippen LogP contribution in [-0.4, -0.2) is 23.4 Å². The molecule has 1 saturated heterocycles. The lowest BCUT2D eigenvalue weighted by molar-refractivity contribution is -0.153. The highest BCUT2D eigenvalue weighted by atomic mass is 16.2. The average Bonchev–Trinajstić information content (AvgIpc) is 2.77. The van der Waals surface area contributed by atoms with Gasteiger partial charge in [0.1, 0.15) is 11.6 Å². The quantitative estimate of drug-likeness (QED) is 0.738. The fourth-order valence-corrected chi connectivity index (χ4v) is 4.30. The van der Waals surface area contributed by atoms with E-state index < -0.39 is 23.7 Å². The molecule has 4 fully saturated rings. The highest BCUT2D eigenvalue weighted by Gasteiger charge is 2.63. The number of hydrogen-bond acceptors (Lipinski definition) is 4. The van der Waals surface area contributed by atoms with Crippen molar-refractivity contribution in [3.8, 4) is 0 Å². The van der Waals surface area contributed by atoms with E-state index >= 15 is 0 Å². The predicted molar refractivity (Wildman–Crippen MR) is 81.6 cm³/mol. The Hall–Kier alpha value is -2.30. The average molecular weight is 311 g/mol. The minimum atomic E-state index is -0.645. The van der Waals surface area contributed by atoms with Crippen molar-refractivity contribution in [2.75, 3.05) is 4.90 Å². The summed E-state index contributed by atoms with van der Waals surface area (Å²) in [5.74, 6) is -3.23. The van der Waals surface area contributed by atoms with Gasteiger partial charge in [0, 0.05) is 24.7 Å². The number of hydrogen-bond donors (Lipinski definition) is 0. The van der Waals surface area contributed by atoms with Gasteiger partial charge in [-0.05, 0) is 37.1 Å². The fourth-order valence-electron chi connectivity index (χ4n) is 4.30. The summed E-state index contributed by atoms with van der Waals surface area (Å²) in [7, 11) is 0. The molecular formula is C18H17NO4. The molecule has 1 aromatic carbocycles. The Labute approximate surface area is 133 Å². The number of carbonyl (C=O) groups excluding carboxylic acids is 4. The van der Waals surface area contributed by atoms with Gasteiger partial charge in [-0.15, -0.1) is 0 Å². The number of ketones is 2. The first kappa shape index (κ1) is 14.3. The Bertz CT molecular complexity index is 741. The van der Waals surface area contributed by atoms with Gasteiger partial charge >= 0.3 is 0 Å². The molecule has 1 aliphatic heterocycles. The summed E-state index contributed by atoms with van der Waals surface area (Å²) in [5.41, 5.74) is 2.61. The summed E-state index contributed by atoms with van der Waals surface area (Å²) in [4.78, 5) is 51.1. The second-order valence-electron chi connectivity index (χ2n) is 6.89. The molecule has 118 valence electrons. The Balaban J connectivity index is 1.79. The van der Waals surface area contributed by atoms with Crippen molar-refractivity contribution in [2.45, 2.75) is 26.7 Å². The van der Waals surface area contributed by atoms with E-state index in [1.807, 2.05) is 26.0 Å². The van der Waals surface area contributed by atoms with Crippen molar-refractivity contribution in [3.63, 3.8) is 0 Å². The monoisotopic (exact) mass is 311 g/mol. The van der Waals surface area contributed by atoms with Crippen LogP contribution in [0.3, 0.4) is 0 Å². The number of benzene rings is 1. The largest absolute Gasteiger partial charge is 0.299 e. The molecule has 1 aromatic rings. The molecule has 5 heteroatoms. The molecule has 3 saturated carbocycles. The van der Waals surface area contributed by atoms with Crippen LogP contribution < -0.4 is 4.90 Å². The molecule has 3 aliphatic carbocycles. The number of nitrogens with zero attached hydrogens (tertiary/aromatic N) is 1. The molecule has 4 aliphatic rings. The van der Waals surface area contributed by atoms with Crippen LogP contribution in [0.15, 0.2) is 18.2 Å². The van der Waals surface area contributed by atoms with Crippen LogP contribution in [0, 0.1) is 37.5 Å². The van der Waals surface area contributed by atoms with Crippen LogP contribution in [0.5, 0.6) is 0 Å². The third-order valence-electron chi connectivity index (χ3n) is 5.68. The molecular weight excluding hydrogens is 294 g/mol. The van der Waals surface area contributed by atoms with E-state index in [-0.39, 0.29) is 36.2 Å². The Morgan fingerprint density at radius 2 is 1.35 bits per heavy atom. The van der Waals surface area contributed by atoms with E-state index in [1.165, 1.54) is 4.90 Å². The van der Waals surface area contributed by atoms with Crippen LogP contribution in [0.4, 0.5) is 5.69 Å². The van der Waals surface area contributed by atoms with Gasteiger partial charge in [0.2, 0.25) is 11.8 Å². The Kier molecular flexibility index (Phi) is 2.86. The molecule has 23 heavy (non-hydrogen) atoms. The molecule has 2 bridgehead atoms. The zero-order chi connectivity index (χ0) is 16.5. The standard InChI is InChI=1S/C18H17NO4/c1-8-3-4-10(5-9(8)2)19-17(22)15-11-6-13(20)12(7-14(11)21)16(15)18(19)23/h3-5,11-12,15-16H,6-7H2,1-2H3/t11-,12+,15-,16-/m1/s1. The molecule has 1 heterocycles. The summed E-state index contributed by atoms with van der Waals surface area (Å²) in [6.45, 7) is 3.89. The van der Waals surface area contributed by atoms with E-state index in [1.54, 1.807) is 6.07 Å². The van der Waals surface area contributed by atoms with E-state index in [9.17, 15) is 19.2 Å². The molecule has 5 nitrogen and oxygen atoms in total. The van der Waals surface area contributed by atoms with Gasteiger partial charge in [0.05, 0.1) is 17.5 Å². The molecule has 4 atom stereocenters. The van der Waals surface area contributed by atoms with Gasteiger partial charge in [-0.2, -0.15) is 0 Å². The lowest BCUT2D eigenvalue weighted by atomic mass is 9.58. The normalized spacial score (nSPS) is 32.7. The first-order valence-corrected chi connectivity index (χ1v) is 7.90. The molecule has 0 spiro atoms. The molecule has 0 radical (unpaired) electrons. The van der Waals surface area contributed by atoms with Crippen molar-refractivity contribution < 1.29 is 19.2 Å². The van der Waals surface area contributed by atoms with Crippen LogP contribution in [0.2, 0.25) is 0 Å². The lowest BCUT2D eigenvalue weighted by Crippen LogP contribution is -2.51. The predicted octanol–water partition coefficient (Wildman–Crippen LogP) is 1.59. The number of carbonyl (C=O) groups is 4. The van der Waals surface area contributed by atoms with Crippen LogP contribution >= 0.6 is 0 Å². The van der Waals surface area contributed by atoms with E-state index in [4.69, 9.17) is 0 Å². The topological polar surface area (TPSA) is 71.5 Å². The number of imide groups is 1. The van der Waals surface area contributed by atoms with Crippen LogP contribution in [-0.2, 0) is 19.2 Å². The zero-order valence-electron chi connectivity index (χ0n) is 13.0. The highest BCUT2D eigenvalue weighted by Crippen LogP contribution is 2.50. The molecule has 0 N–H and O–H groups in total.